The summed E-state index contributed by atoms with van der Waals surface area (Å²) < 4.78 is 15.5. The molecule has 1 rings (SSSR count). The molecule has 118 valence electrons. The average molecular weight is 295 g/mol. The highest BCUT2D eigenvalue weighted by Crippen LogP contribution is 2.28. The number of methoxy groups -OCH3 is 2. The van der Waals surface area contributed by atoms with Gasteiger partial charge < -0.3 is 19.9 Å². The van der Waals surface area contributed by atoms with Crippen molar-refractivity contribution in [1.82, 2.24) is 0 Å². The molecule has 2 atom stereocenters. The minimum Gasteiger partial charge on any atom is -0.493 e. The highest BCUT2D eigenvalue weighted by atomic mass is 16.5. The number of hydrogen-bond donors (Lipinski definition) is 1. The maximum absolute atomic E-state index is 11.9. The molecule has 1 aromatic carbocycles. The maximum Gasteiger partial charge on any atom is 0.310 e. The summed E-state index contributed by atoms with van der Waals surface area (Å²) in [5.74, 6) is 0.810. The fourth-order valence-corrected chi connectivity index (χ4v) is 2.32. The Bertz CT molecular complexity index is 462. The Morgan fingerprint density at radius 2 is 1.86 bits per heavy atom. The van der Waals surface area contributed by atoms with Crippen LogP contribution in [0.15, 0.2) is 18.2 Å². The Morgan fingerprint density at radius 1 is 1.19 bits per heavy atom. The number of nitrogens with two attached hydrogens (primary N) is 1. The molecule has 0 unspecified atom stereocenters. The Morgan fingerprint density at radius 3 is 2.38 bits per heavy atom. The summed E-state index contributed by atoms with van der Waals surface area (Å²) in [6.07, 6.45) is 1.24. The van der Waals surface area contributed by atoms with E-state index in [1.807, 2.05) is 25.1 Å². The highest BCUT2D eigenvalue weighted by Gasteiger charge is 2.25. The first-order chi connectivity index (χ1) is 10.1. The highest BCUT2D eigenvalue weighted by molar-refractivity contribution is 5.73. The van der Waals surface area contributed by atoms with Crippen molar-refractivity contribution >= 4 is 5.97 Å². The van der Waals surface area contributed by atoms with E-state index in [1.165, 1.54) is 0 Å². The standard InChI is InChI=1S/C16H25NO4/c1-5-12(16(18)21-6-2)13(17)9-11-7-8-14(19-3)15(10-11)20-4/h7-8,10,12-13H,5-6,9,17H2,1-4H3/t12-,13+/m0/s1. The zero-order valence-corrected chi connectivity index (χ0v) is 13.2. The van der Waals surface area contributed by atoms with Crippen LogP contribution in [0.2, 0.25) is 0 Å². The average Bonchev–Trinajstić information content (AvgIpc) is 2.48. The molecule has 1 aromatic rings. The molecule has 0 aliphatic rings. The third-order valence-electron chi connectivity index (χ3n) is 3.47. The second kappa shape index (κ2) is 8.52. The van der Waals surface area contributed by atoms with E-state index in [4.69, 9.17) is 19.9 Å². The van der Waals surface area contributed by atoms with Crippen LogP contribution in [-0.2, 0) is 16.0 Å². The molecule has 0 spiro atoms. The van der Waals surface area contributed by atoms with E-state index < -0.39 is 0 Å². The molecule has 5 heteroatoms. The molecule has 0 heterocycles. The molecule has 2 N–H and O–H groups in total. The van der Waals surface area contributed by atoms with Crippen LogP contribution in [0.5, 0.6) is 11.5 Å². The predicted octanol–water partition coefficient (Wildman–Crippen LogP) is 2.16. The van der Waals surface area contributed by atoms with Gasteiger partial charge in [0.2, 0.25) is 0 Å². The van der Waals surface area contributed by atoms with Crippen molar-refractivity contribution in [1.29, 1.82) is 0 Å². The van der Waals surface area contributed by atoms with Gasteiger partial charge in [-0.2, -0.15) is 0 Å². The van der Waals surface area contributed by atoms with Gasteiger partial charge in [-0.3, -0.25) is 4.79 Å². The number of esters is 1. The molecular formula is C16H25NO4. The van der Waals surface area contributed by atoms with Gasteiger partial charge in [-0.1, -0.05) is 13.0 Å². The number of benzene rings is 1. The lowest BCUT2D eigenvalue weighted by molar-refractivity contribution is -0.148. The second-order valence-electron chi connectivity index (χ2n) is 4.82. The molecule has 0 aliphatic carbocycles. The van der Waals surface area contributed by atoms with E-state index in [0.29, 0.717) is 30.9 Å². The Balaban J connectivity index is 2.81. The molecule has 0 radical (unpaired) electrons. The predicted molar refractivity (Wildman–Crippen MR) is 81.6 cm³/mol. The van der Waals surface area contributed by atoms with Gasteiger partial charge in [0.15, 0.2) is 11.5 Å². The van der Waals surface area contributed by atoms with Crippen LogP contribution in [0.25, 0.3) is 0 Å². The van der Waals surface area contributed by atoms with Gasteiger partial charge in [-0.15, -0.1) is 0 Å². The van der Waals surface area contributed by atoms with Crippen molar-refractivity contribution in [3.05, 3.63) is 23.8 Å². The van der Waals surface area contributed by atoms with Gasteiger partial charge >= 0.3 is 5.97 Å². The van der Waals surface area contributed by atoms with Gasteiger partial charge in [0.25, 0.3) is 0 Å². The lowest BCUT2D eigenvalue weighted by Crippen LogP contribution is -2.38. The monoisotopic (exact) mass is 295 g/mol. The summed E-state index contributed by atoms with van der Waals surface area (Å²) in [4.78, 5) is 11.9. The third kappa shape index (κ3) is 4.63. The van der Waals surface area contributed by atoms with Crippen molar-refractivity contribution in [2.45, 2.75) is 32.7 Å². The summed E-state index contributed by atoms with van der Waals surface area (Å²) in [6.45, 7) is 4.11. The zero-order chi connectivity index (χ0) is 15.8. The van der Waals surface area contributed by atoms with Crippen molar-refractivity contribution in [2.24, 2.45) is 11.7 Å². The fourth-order valence-electron chi connectivity index (χ4n) is 2.32. The SMILES string of the molecule is CCOC(=O)[C@@H](CC)[C@H](N)Cc1ccc(OC)c(OC)c1. The summed E-state index contributed by atoms with van der Waals surface area (Å²) >= 11 is 0. The molecule has 0 bridgehead atoms. The number of ether oxygens (including phenoxy) is 3. The summed E-state index contributed by atoms with van der Waals surface area (Å²) in [5.41, 5.74) is 7.18. The molecule has 0 aromatic heterocycles. The smallest absolute Gasteiger partial charge is 0.310 e. The zero-order valence-electron chi connectivity index (χ0n) is 13.2. The van der Waals surface area contributed by atoms with Gasteiger partial charge in [-0.05, 0) is 37.5 Å². The number of carbonyl (C=O) groups excluding carboxylic acids is 1. The summed E-state index contributed by atoms with van der Waals surface area (Å²) in [5, 5.41) is 0. The Hall–Kier alpha value is -1.75. The van der Waals surface area contributed by atoms with Crippen LogP contribution in [-0.4, -0.2) is 32.8 Å². The van der Waals surface area contributed by atoms with E-state index in [-0.39, 0.29) is 17.9 Å². The molecular weight excluding hydrogens is 270 g/mol. The van der Waals surface area contributed by atoms with Crippen molar-refractivity contribution in [3.8, 4) is 11.5 Å². The van der Waals surface area contributed by atoms with E-state index in [0.717, 1.165) is 5.56 Å². The largest absolute Gasteiger partial charge is 0.493 e. The maximum atomic E-state index is 11.9. The van der Waals surface area contributed by atoms with Crippen LogP contribution in [0.4, 0.5) is 0 Å². The molecule has 0 fully saturated rings. The van der Waals surface area contributed by atoms with Crippen molar-refractivity contribution in [3.63, 3.8) is 0 Å². The van der Waals surface area contributed by atoms with Crippen LogP contribution in [0, 0.1) is 5.92 Å². The first-order valence-electron chi connectivity index (χ1n) is 7.20. The first-order valence-corrected chi connectivity index (χ1v) is 7.20. The van der Waals surface area contributed by atoms with E-state index >= 15 is 0 Å². The van der Waals surface area contributed by atoms with Gasteiger partial charge in [0.1, 0.15) is 0 Å². The summed E-state index contributed by atoms with van der Waals surface area (Å²) in [6, 6.07) is 5.37. The minimum atomic E-state index is -0.293. The molecule has 5 nitrogen and oxygen atoms in total. The Labute approximate surface area is 126 Å². The molecule has 0 amide bonds. The minimum absolute atomic E-state index is 0.229. The van der Waals surface area contributed by atoms with Crippen molar-refractivity contribution < 1.29 is 19.0 Å². The van der Waals surface area contributed by atoms with Crippen LogP contribution < -0.4 is 15.2 Å². The van der Waals surface area contributed by atoms with Crippen LogP contribution in [0.1, 0.15) is 25.8 Å². The lowest BCUT2D eigenvalue weighted by Gasteiger charge is -2.21. The first kappa shape index (κ1) is 17.3. The molecule has 21 heavy (non-hydrogen) atoms. The van der Waals surface area contributed by atoms with E-state index in [1.54, 1.807) is 21.1 Å². The van der Waals surface area contributed by atoms with Gasteiger partial charge in [0, 0.05) is 6.04 Å². The quantitative estimate of drug-likeness (QED) is 0.744. The van der Waals surface area contributed by atoms with Gasteiger partial charge in [0.05, 0.1) is 26.7 Å². The number of carbonyl (C=O) groups is 1. The van der Waals surface area contributed by atoms with Crippen molar-refractivity contribution in [2.75, 3.05) is 20.8 Å². The van der Waals surface area contributed by atoms with E-state index in [2.05, 4.69) is 0 Å². The van der Waals surface area contributed by atoms with Crippen LogP contribution in [0.3, 0.4) is 0 Å². The molecule has 0 aliphatic heterocycles. The molecule has 0 saturated heterocycles. The van der Waals surface area contributed by atoms with Gasteiger partial charge in [-0.25, -0.2) is 0 Å². The fraction of sp³-hybridized carbons (Fsp3) is 0.562. The third-order valence-corrected chi connectivity index (χ3v) is 3.47. The normalized spacial score (nSPS) is 13.4. The Kier molecular flexibility index (Phi) is 7.02. The number of hydrogen-bond acceptors (Lipinski definition) is 5. The number of rotatable bonds is 8. The van der Waals surface area contributed by atoms with E-state index in [9.17, 15) is 4.79 Å². The summed E-state index contributed by atoms with van der Waals surface area (Å²) in [7, 11) is 3.19. The topological polar surface area (TPSA) is 70.8 Å². The second-order valence-corrected chi connectivity index (χ2v) is 4.82. The van der Waals surface area contributed by atoms with Crippen LogP contribution >= 0.6 is 0 Å². The lowest BCUT2D eigenvalue weighted by atomic mass is 9.92. The molecule has 0 saturated carbocycles.